The highest BCUT2D eigenvalue weighted by molar-refractivity contribution is 6.11. The third-order valence-corrected chi connectivity index (χ3v) is 5.76. The first-order valence-corrected chi connectivity index (χ1v) is 10.5. The summed E-state index contributed by atoms with van der Waals surface area (Å²) in [6.45, 7) is 1.03. The molecule has 1 aliphatic carbocycles. The molecule has 0 aliphatic heterocycles. The van der Waals surface area contributed by atoms with Gasteiger partial charge in [-0.15, -0.1) is 0 Å². The molecule has 1 aromatic carbocycles. The zero-order valence-electron chi connectivity index (χ0n) is 17.7. The van der Waals surface area contributed by atoms with Crippen LogP contribution in [0, 0.1) is 5.82 Å². The smallest absolute Gasteiger partial charge is 0.257 e. The van der Waals surface area contributed by atoms with Crippen LogP contribution in [0.5, 0.6) is 5.75 Å². The molecule has 1 amide bonds. The summed E-state index contributed by atoms with van der Waals surface area (Å²) in [7, 11) is 0. The molecule has 0 radical (unpaired) electrons. The third kappa shape index (κ3) is 3.76. The fraction of sp³-hybridized carbons (Fsp3) is 0.208. The minimum absolute atomic E-state index is 0.0758. The number of aliphatic hydroxyl groups excluding tert-OH is 1. The predicted molar refractivity (Wildman–Crippen MR) is 119 cm³/mol. The molecule has 1 saturated carbocycles. The molecule has 1 aliphatic rings. The first-order chi connectivity index (χ1) is 15.9. The van der Waals surface area contributed by atoms with Crippen molar-refractivity contribution in [3.05, 3.63) is 71.6 Å². The van der Waals surface area contributed by atoms with Gasteiger partial charge in [-0.2, -0.15) is 5.10 Å². The van der Waals surface area contributed by atoms with Gasteiger partial charge in [0.15, 0.2) is 11.6 Å². The number of carbonyl (C=O) groups is 2. The average Bonchev–Trinajstić information content (AvgIpc) is 3.39. The Balaban J connectivity index is 1.54. The molecule has 3 N–H and O–H groups in total. The van der Waals surface area contributed by atoms with E-state index in [9.17, 15) is 19.8 Å². The van der Waals surface area contributed by atoms with Crippen LogP contribution in [0.3, 0.4) is 0 Å². The Kier molecular flexibility index (Phi) is 4.98. The Labute approximate surface area is 187 Å². The van der Waals surface area contributed by atoms with E-state index in [1.54, 1.807) is 17.1 Å². The summed E-state index contributed by atoms with van der Waals surface area (Å²) in [5.74, 6) is -1.65. The van der Waals surface area contributed by atoms with Crippen molar-refractivity contribution in [2.75, 3.05) is 5.32 Å². The number of aliphatic hydroxyl groups is 1. The van der Waals surface area contributed by atoms with Crippen LogP contribution >= 0.6 is 0 Å². The van der Waals surface area contributed by atoms with E-state index in [2.05, 4.69) is 10.4 Å². The van der Waals surface area contributed by atoms with Gasteiger partial charge in [0.25, 0.3) is 5.91 Å². The van der Waals surface area contributed by atoms with Gasteiger partial charge in [-0.3, -0.25) is 14.3 Å². The summed E-state index contributed by atoms with van der Waals surface area (Å²) in [5.41, 5.74) is 1.74. The van der Waals surface area contributed by atoms with Gasteiger partial charge in [-0.05, 0) is 42.7 Å². The number of Topliss-reactive ketones (excluding diaryl/α,β-unsaturated/α-hetero) is 1. The molecule has 4 aromatic rings. The van der Waals surface area contributed by atoms with Crippen molar-refractivity contribution < 1.29 is 24.2 Å². The first kappa shape index (κ1) is 20.9. The Morgan fingerprint density at radius 3 is 2.73 bits per heavy atom. The van der Waals surface area contributed by atoms with Crippen molar-refractivity contribution in [3.63, 3.8) is 0 Å². The van der Waals surface area contributed by atoms with Crippen LogP contribution in [0.25, 0.3) is 16.6 Å². The van der Waals surface area contributed by atoms with Crippen LogP contribution in [0.15, 0.2) is 48.9 Å². The van der Waals surface area contributed by atoms with Gasteiger partial charge < -0.3 is 19.9 Å². The molecule has 0 atom stereocenters. The van der Waals surface area contributed by atoms with E-state index in [4.69, 9.17) is 0 Å². The van der Waals surface area contributed by atoms with Crippen molar-refractivity contribution in [2.45, 2.75) is 32.4 Å². The van der Waals surface area contributed by atoms with E-state index < -0.39 is 11.7 Å². The van der Waals surface area contributed by atoms with E-state index in [0.717, 1.165) is 12.8 Å². The summed E-state index contributed by atoms with van der Waals surface area (Å²) in [6, 6.07) is 7.39. The number of carbonyl (C=O) groups excluding carboxylic acids is 2. The number of nitrogens with one attached hydrogen (secondary N) is 1. The summed E-state index contributed by atoms with van der Waals surface area (Å²) in [4.78, 5) is 25.1. The monoisotopic (exact) mass is 448 g/mol. The maximum Gasteiger partial charge on any atom is 0.257 e. The van der Waals surface area contributed by atoms with Crippen LogP contribution in [-0.4, -0.2) is 36.1 Å². The highest BCUT2D eigenvalue weighted by Gasteiger charge is 2.25. The largest absolute Gasteiger partial charge is 0.508 e. The number of rotatable bonds is 6. The van der Waals surface area contributed by atoms with Crippen LogP contribution < -0.4 is 5.32 Å². The minimum atomic E-state index is -0.658. The molecule has 0 saturated heterocycles. The van der Waals surface area contributed by atoms with E-state index in [0.29, 0.717) is 22.7 Å². The van der Waals surface area contributed by atoms with Gasteiger partial charge in [0.1, 0.15) is 5.75 Å². The van der Waals surface area contributed by atoms with E-state index in [1.165, 1.54) is 47.9 Å². The number of amides is 1. The standard InChI is InChI=1S/C24H21FN4O4/c1-13(31)21-9-19(22-8-17(32)4-5-28(21)22)24(33)27-20-7-14(12-30)6-18(23(20)25)15-10-26-29(11-15)16-2-3-16/h4-11,16,30,32H,2-3,12H2,1H3,(H,27,33). The lowest BCUT2D eigenvalue weighted by molar-refractivity contribution is 0.101. The zero-order valence-corrected chi connectivity index (χ0v) is 17.7. The Bertz CT molecular complexity index is 1420. The number of anilines is 1. The van der Waals surface area contributed by atoms with Crippen LogP contribution in [0.4, 0.5) is 10.1 Å². The number of benzene rings is 1. The molecule has 5 rings (SSSR count). The second kappa shape index (κ2) is 7.86. The molecule has 3 heterocycles. The van der Waals surface area contributed by atoms with Crippen LogP contribution in [0.1, 0.15) is 52.2 Å². The second-order valence-electron chi connectivity index (χ2n) is 8.20. The highest BCUT2D eigenvalue weighted by atomic mass is 19.1. The number of halogens is 1. The predicted octanol–water partition coefficient (Wildman–Crippen LogP) is 3.93. The SMILES string of the molecule is CC(=O)c1cc(C(=O)Nc2cc(CO)cc(-c3cnn(C4CC4)c3)c2F)c2cc(O)ccn12. The minimum Gasteiger partial charge on any atom is -0.508 e. The lowest BCUT2D eigenvalue weighted by atomic mass is 10.0. The summed E-state index contributed by atoms with van der Waals surface area (Å²) in [6.07, 6.45) is 6.87. The highest BCUT2D eigenvalue weighted by Crippen LogP contribution is 2.36. The lowest BCUT2D eigenvalue weighted by Crippen LogP contribution is -2.13. The topological polar surface area (TPSA) is 109 Å². The summed E-state index contributed by atoms with van der Waals surface area (Å²) >= 11 is 0. The Morgan fingerprint density at radius 2 is 2.03 bits per heavy atom. The molecule has 3 aromatic heterocycles. The zero-order chi connectivity index (χ0) is 23.3. The van der Waals surface area contributed by atoms with Gasteiger partial charge in [0, 0.05) is 36.5 Å². The maximum atomic E-state index is 15.5. The Morgan fingerprint density at radius 1 is 1.24 bits per heavy atom. The number of ketones is 1. The van der Waals surface area contributed by atoms with Gasteiger partial charge in [-0.1, -0.05) is 0 Å². The maximum absolute atomic E-state index is 15.5. The molecular formula is C24H21FN4O4. The number of nitrogens with zero attached hydrogens (tertiary/aromatic N) is 3. The lowest BCUT2D eigenvalue weighted by Gasteiger charge is -2.12. The van der Waals surface area contributed by atoms with E-state index in [1.807, 2.05) is 0 Å². The number of pyridine rings is 1. The second-order valence-corrected chi connectivity index (χ2v) is 8.20. The number of fused-ring (bicyclic) bond motifs is 1. The quantitative estimate of drug-likeness (QED) is 0.387. The Hall–Kier alpha value is -3.98. The van der Waals surface area contributed by atoms with Crippen LogP contribution in [-0.2, 0) is 6.61 Å². The molecule has 0 spiro atoms. The van der Waals surface area contributed by atoms with Crippen molar-refractivity contribution in [2.24, 2.45) is 0 Å². The first-order valence-electron chi connectivity index (χ1n) is 10.5. The molecule has 8 nitrogen and oxygen atoms in total. The van der Waals surface area contributed by atoms with Crippen molar-refractivity contribution in [3.8, 4) is 16.9 Å². The number of aromatic hydroxyl groups is 1. The number of hydrogen-bond donors (Lipinski definition) is 3. The normalized spacial score (nSPS) is 13.4. The average molecular weight is 448 g/mol. The fourth-order valence-electron chi connectivity index (χ4n) is 3.92. The molecule has 1 fully saturated rings. The third-order valence-electron chi connectivity index (χ3n) is 5.76. The molecule has 0 bridgehead atoms. The molecule has 0 unspecified atom stereocenters. The van der Waals surface area contributed by atoms with Gasteiger partial charge in [0.2, 0.25) is 0 Å². The molecule has 168 valence electrons. The fourth-order valence-corrected chi connectivity index (χ4v) is 3.92. The van der Waals surface area contributed by atoms with Crippen molar-refractivity contribution in [1.29, 1.82) is 0 Å². The van der Waals surface area contributed by atoms with Crippen molar-refractivity contribution in [1.82, 2.24) is 14.2 Å². The number of aromatic nitrogens is 3. The van der Waals surface area contributed by atoms with Gasteiger partial charge in [-0.25, -0.2) is 4.39 Å². The number of hydrogen-bond acceptors (Lipinski definition) is 5. The summed E-state index contributed by atoms with van der Waals surface area (Å²) < 4.78 is 18.7. The van der Waals surface area contributed by atoms with Crippen molar-refractivity contribution >= 4 is 22.9 Å². The molecule has 9 heteroatoms. The van der Waals surface area contributed by atoms with Gasteiger partial charge in [0.05, 0.1) is 41.3 Å². The van der Waals surface area contributed by atoms with Crippen LogP contribution in [0.2, 0.25) is 0 Å². The molecular weight excluding hydrogens is 427 g/mol. The van der Waals surface area contributed by atoms with Gasteiger partial charge >= 0.3 is 0 Å². The summed E-state index contributed by atoms with van der Waals surface area (Å²) in [5, 5.41) is 26.4. The molecule has 33 heavy (non-hydrogen) atoms. The van der Waals surface area contributed by atoms with E-state index >= 15 is 4.39 Å². The van der Waals surface area contributed by atoms with E-state index in [-0.39, 0.29) is 40.6 Å².